The summed E-state index contributed by atoms with van der Waals surface area (Å²) in [4.78, 5) is 21.5. The van der Waals surface area contributed by atoms with Gasteiger partial charge in [0, 0.05) is 43.7 Å². The van der Waals surface area contributed by atoms with Crippen LogP contribution in [0.1, 0.15) is 70.3 Å². The van der Waals surface area contributed by atoms with E-state index in [9.17, 15) is 4.79 Å². The Bertz CT molecular complexity index is 1540. The van der Waals surface area contributed by atoms with Gasteiger partial charge in [-0.3, -0.25) is 9.79 Å². The molecule has 0 fully saturated rings. The summed E-state index contributed by atoms with van der Waals surface area (Å²) in [7, 11) is 3.94. The van der Waals surface area contributed by atoms with Gasteiger partial charge in [0.2, 0.25) is 0 Å². The molecule has 3 aromatic rings. The highest BCUT2D eigenvalue weighted by Crippen LogP contribution is 2.31. The molecule has 1 aromatic heterocycles. The minimum Gasteiger partial charge on any atom is -0.481 e. The molecular formula is C39H52N4O2. The molecule has 0 saturated heterocycles. The van der Waals surface area contributed by atoms with Crippen LogP contribution < -0.4 is 4.90 Å². The van der Waals surface area contributed by atoms with Crippen molar-refractivity contribution in [2.24, 2.45) is 10.4 Å². The van der Waals surface area contributed by atoms with Crippen LogP contribution in [0.3, 0.4) is 0 Å². The fourth-order valence-corrected chi connectivity index (χ4v) is 5.35. The molecule has 45 heavy (non-hydrogen) atoms. The zero-order valence-corrected chi connectivity index (χ0v) is 28.4. The number of aromatic nitrogens is 2. The Morgan fingerprint density at radius 1 is 1.13 bits per heavy atom. The number of para-hydroxylation sites is 1. The lowest BCUT2D eigenvalue weighted by atomic mass is 9.81. The predicted molar refractivity (Wildman–Crippen MR) is 193 cm³/mol. The second kappa shape index (κ2) is 18.4. The number of benzene rings is 2. The summed E-state index contributed by atoms with van der Waals surface area (Å²) in [5, 5.41) is 7.84. The van der Waals surface area contributed by atoms with Crippen LogP contribution in [0.5, 0.6) is 0 Å². The standard InChI is InChI=1S/C35H46N4.C4H6O2/c1-9-18-29(35(5,6)23-11-3)20-14-13-17-24-39-31-26-28(25-27(4)33(31)37-32(39)19-10-2)34(36-7)38(8)30-21-15-12-16-22-30;1-2-3-4(5)6/h9,11-16,18,21-23,25-26H,1,10,17,19-20,24H2,2-8H3;2H,1,3H2,(H,5,6)/b14-13-,23-11-,29-18+,36-34?;. The smallest absolute Gasteiger partial charge is 0.307 e. The first kappa shape index (κ1) is 36.7. The monoisotopic (exact) mass is 608 g/mol. The molecule has 0 aliphatic heterocycles. The van der Waals surface area contributed by atoms with Crippen LogP contribution in [0.15, 0.2) is 109 Å². The lowest BCUT2D eigenvalue weighted by Gasteiger charge is -2.23. The molecule has 0 bridgehead atoms. The van der Waals surface area contributed by atoms with Crippen molar-refractivity contribution in [1.82, 2.24) is 9.55 Å². The summed E-state index contributed by atoms with van der Waals surface area (Å²) >= 11 is 0. The SMILES string of the molecule is C=C/C=C(\C/C=C\CCn1c(CCC)nc2c(C)cc(C(=NC)N(C)c3ccccc3)cc21)C(C)(C)/C=C\C.C=CCC(=O)O. The fourth-order valence-electron chi connectivity index (χ4n) is 5.35. The Labute approximate surface area is 270 Å². The largest absolute Gasteiger partial charge is 0.481 e. The van der Waals surface area contributed by atoms with Crippen molar-refractivity contribution in [3.8, 4) is 0 Å². The number of fused-ring (bicyclic) bond motifs is 1. The Morgan fingerprint density at radius 3 is 2.40 bits per heavy atom. The Hall–Kier alpha value is -4.45. The van der Waals surface area contributed by atoms with Gasteiger partial charge in [0.25, 0.3) is 0 Å². The topological polar surface area (TPSA) is 70.7 Å². The van der Waals surface area contributed by atoms with Gasteiger partial charge in [0.15, 0.2) is 0 Å². The normalized spacial score (nSPS) is 12.4. The van der Waals surface area contributed by atoms with E-state index in [0.717, 1.165) is 60.7 Å². The summed E-state index contributed by atoms with van der Waals surface area (Å²) in [6, 6.07) is 14.9. The van der Waals surface area contributed by atoms with Crippen LogP contribution in [0, 0.1) is 12.3 Å². The third kappa shape index (κ3) is 10.6. The van der Waals surface area contributed by atoms with Crippen molar-refractivity contribution in [1.29, 1.82) is 0 Å². The molecule has 6 nitrogen and oxygen atoms in total. The molecule has 3 rings (SSSR count). The van der Waals surface area contributed by atoms with Crippen molar-refractivity contribution in [2.75, 3.05) is 19.0 Å². The number of hydrogen-bond donors (Lipinski definition) is 1. The third-order valence-electron chi connectivity index (χ3n) is 7.60. The van der Waals surface area contributed by atoms with E-state index >= 15 is 0 Å². The highest BCUT2D eigenvalue weighted by atomic mass is 16.4. The van der Waals surface area contributed by atoms with Gasteiger partial charge in [-0.1, -0.05) is 93.7 Å². The number of carbonyl (C=O) groups is 1. The maximum atomic E-state index is 9.53. The number of anilines is 1. The van der Waals surface area contributed by atoms with Crippen molar-refractivity contribution in [2.45, 2.75) is 73.3 Å². The van der Waals surface area contributed by atoms with Gasteiger partial charge in [-0.25, -0.2) is 4.98 Å². The van der Waals surface area contributed by atoms with E-state index in [0.29, 0.717) is 0 Å². The van der Waals surface area contributed by atoms with E-state index in [1.54, 1.807) is 0 Å². The molecule has 6 heteroatoms. The van der Waals surface area contributed by atoms with Gasteiger partial charge in [-0.05, 0) is 62.9 Å². The molecule has 1 heterocycles. The second-order valence-electron chi connectivity index (χ2n) is 11.5. The molecule has 0 unspecified atom stereocenters. The first-order valence-corrected chi connectivity index (χ1v) is 15.7. The maximum Gasteiger partial charge on any atom is 0.307 e. The number of amidine groups is 1. The molecule has 0 saturated carbocycles. The molecule has 0 amide bonds. The van der Waals surface area contributed by atoms with Crippen molar-refractivity contribution in [3.63, 3.8) is 0 Å². The van der Waals surface area contributed by atoms with E-state index in [-0.39, 0.29) is 11.8 Å². The average molecular weight is 609 g/mol. The number of imidazole rings is 1. The van der Waals surface area contributed by atoms with E-state index in [1.165, 1.54) is 22.7 Å². The predicted octanol–water partition coefficient (Wildman–Crippen LogP) is 9.51. The van der Waals surface area contributed by atoms with Crippen LogP contribution in [-0.2, 0) is 17.8 Å². The molecule has 2 aromatic carbocycles. The molecule has 0 aliphatic rings. The minimum absolute atomic E-state index is 0.0154. The lowest BCUT2D eigenvalue weighted by molar-refractivity contribution is -0.135. The van der Waals surface area contributed by atoms with Crippen LogP contribution in [0.2, 0.25) is 0 Å². The Morgan fingerprint density at radius 2 is 1.84 bits per heavy atom. The first-order chi connectivity index (χ1) is 21.5. The molecule has 0 spiro atoms. The molecule has 0 atom stereocenters. The first-order valence-electron chi connectivity index (χ1n) is 15.7. The van der Waals surface area contributed by atoms with E-state index < -0.39 is 5.97 Å². The van der Waals surface area contributed by atoms with Crippen LogP contribution in [0.4, 0.5) is 5.69 Å². The fraction of sp³-hybridized carbons (Fsp3) is 0.359. The number of carboxylic acids is 1. The highest BCUT2D eigenvalue weighted by Gasteiger charge is 2.19. The molecular weight excluding hydrogens is 556 g/mol. The third-order valence-corrected chi connectivity index (χ3v) is 7.60. The van der Waals surface area contributed by atoms with Crippen molar-refractivity contribution >= 4 is 28.5 Å². The number of aliphatic imine (C=N–C) groups is 1. The number of carboxylic acid groups (broad SMARTS) is 1. The number of aliphatic carboxylic acids is 1. The molecule has 1 N–H and O–H groups in total. The summed E-state index contributed by atoms with van der Waals surface area (Å²) < 4.78 is 2.42. The number of rotatable bonds is 14. The van der Waals surface area contributed by atoms with Crippen molar-refractivity contribution < 1.29 is 9.90 Å². The zero-order chi connectivity index (χ0) is 33.4. The molecule has 240 valence electrons. The van der Waals surface area contributed by atoms with Gasteiger partial charge >= 0.3 is 5.97 Å². The molecule has 0 aliphatic carbocycles. The number of aryl methyl sites for hydroxylation is 3. The molecule has 0 radical (unpaired) electrons. The van der Waals surface area contributed by atoms with Gasteiger partial charge in [0.1, 0.15) is 11.7 Å². The van der Waals surface area contributed by atoms with Gasteiger partial charge in [-0.15, -0.1) is 6.58 Å². The minimum atomic E-state index is -0.829. The van der Waals surface area contributed by atoms with Crippen LogP contribution >= 0.6 is 0 Å². The van der Waals surface area contributed by atoms with Gasteiger partial charge < -0.3 is 14.6 Å². The number of hydrogen-bond acceptors (Lipinski definition) is 3. The summed E-state index contributed by atoms with van der Waals surface area (Å²) in [5.41, 5.74) is 7.06. The average Bonchev–Trinajstić information content (AvgIpc) is 3.35. The van der Waals surface area contributed by atoms with Crippen molar-refractivity contribution in [3.05, 3.63) is 121 Å². The number of nitrogens with zero attached hydrogens (tertiary/aromatic N) is 4. The van der Waals surface area contributed by atoms with E-state index in [4.69, 9.17) is 15.1 Å². The lowest BCUT2D eigenvalue weighted by Crippen LogP contribution is -2.27. The van der Waals surface area contributed by atoms with Gasteiger partial charge in [0.05, 0.1) is 17.5 Å². The summed E-state index contributed by atoms with van der Waals surface area (Å²) in [6.07, 6.45) is 18.3. The van der Waals surface area contributed by atoms with Crippen LogP contribution in [0.25, 0.3) is 11.0 Å². The highest BCUT2D eigenvalue weighted by molar-refractivity contribution is 6.11. The zero-order valence-electron chi connectivity index (χ0n) is 28.4. The maximum absolute atomic E-state index is 9.53. The van der Waals surface area contributed by atoms with Crippen LogP contribution in [-0.4, -0.2) is 40.6 Å². The van der Waals surface area contributed by atoms with E-state index in [1.807, 2.05) is 19.2 Å². The summed E-state index contributed by atoms with van der Waals surface area (Å²) in [5.74, 6) is 1.28. The second-order valence-corrected chi connectivity index (χ2v) is 11.5. The summed E-state index contributed by atoms with van der Waals surface area (Å²) in [6.45, 7) is 19.0. The number of allylic oxidation sites excluding steroid dienone is 7. The quantitative estimate of drug-likeness (QED) is 0.0856. The van der Waals surface area contributed by atoms with Gasteiger partial charge in [-0.2, -0.15) is 0 Å². The Balaban J connectivity index is 0.00000107. The van der Waals surface area contributed by atoms with E-state index in [2.05, 4.69) is 131 Å². The Kier molecular flexibility index (Phi) is 15.0.